The molecule has 2 saturated heterocycles. The Bertz CT molecular complexity index is 421. The SMILES string of the molecule is O=C(NC1CCN(CC2CCOC2)CC1)c1ccon1. The van der Waals surface area contributed by atoms with Crippen LogP contribution in [0.5, 0.6) is 0 Å². The van der Waals surface area contributed by atoms with E-state index in [4.69, 9.17) is 4.74 Å². The second-order valence-corrected chi connectivity index (χ2v) is 5.66. The highest BCUT2D eigenvalue weighted by Crippen LogP contribution is 2.17. The molecule has 3 rings (SSSR count). The zero-order chi connectivity index (χ0) is 13.8. The third-order valence-corrected chi connectivity index (χ3v) is 4.13. The van der Waals surface area contributed by atoms with Crippen LogP contribution in [-0.4, -0.2) is 54.9 Å². The van der Waals surface area contributed by atoms with Gasteiger partial charge in [0.1, 0.15) is 6.26 Å². The number of hydrogen-bond acceptors (Lipinski definition) is 5. The lowest BCUT2D eigenvalue weighted by Gasteiger charge is -2.33. The summed E-state index contributed by atoms with van der Waals surface area (Å²) in [5.41, 5.74) is 0.357. The summed E-state index contributed by atoms with van der Waals surface area (Å²) in [6.45, 7) is 5.03. The van der Waals surface area contributed by atoms with Gasteiger partial charge in [0, 0.05) is 38.3 Å². The van der Waals surface area contributed by atoms with Crippen molar-refractivity contribution in [1.82, 2.24) is 15.4 Å². The van der Waals surface area contributed by atoms with E-state index in [0.717, 1.165) is 45.7 Å². The van der Waals surface area contributed by atoms with Gasteiger partial charge in [-0.3, -0.25) is 4.79 Å². The van der Waals surface area contributed by atoms with Crippen LogP contribution < -0.4 is 5.32 Å². The molecule has 6 heteroatoms. The van der Waals surface area contributed by atoms with Crippen LogP contribution in [0.4, 0.5) is 0 Å². The number of nitrogens with one attached hydrogen (secondary N) is 1. The number of piperidine rings is 1. The lowest BCUT2D eigenvalue weighted by molar-refractivity contribution is 0.0894. The summed E-state index contributed by atoms with van der Waals surface area (Å²) in [4.78, 5) is 14.4. The number of carbonyl (C=O) groups excluding carboxylic acids is 1. The van der Waals surface area contributed by atoms with Crippen molar-refractivity contribution < 1.29 is 14.1 Å². The van der Waals surface area contributed by atoms with Crippen molar-refractivity contribution in [3.05, 3.63) is 18.0 Å². The van der Waals surface area contributed by atoms with Gasteiger partial charge in [-0.25, -0.2) is 0 Å². The van der Waals surface area contributed by atoms with E-state index in [1.807, 2.05) is 0 Å². The highest BCUT2D eigenvalue weighted by atomic mass is 16.5. The Morgan fingerprint density at radius 2 is 2.25 bits per heavy atom. The Morgan fingerprint density at radius 3 is 2.90 bits per heavy atom. The van der Waals surface area contributed by atoms with E-state index in [1.54, 1.807) is 6.07 Å². The van der Waals surface area contributed by atoms with Crippen molar-refractivity contribution in [2.24, 2.45) is 5.92 Å². The third kappa shape index (κ3) is 3.37. The van der Waals surface area contributed by atoms with E-state index in [2.05, 4.69) is 19.9 Å². The number of rotatable bonds is 4. The zero-order valence-electron chi connectivity index (χ0n) is 11.6. The van der Waals surface area contributed by atoms with Gasteiger partial charge in [0.15, 0.2) is 5.69 Å². The minimum atomic E-state index is -0.138. The van der Waals surface area contributed by atoms with E-state index in [1.165, 1.54) is 12.7 Å². The molecule has 0 aromatic carbocycles. The molecule has 0 radical (unpaired) electrons. The number of hydrogen-bond donors (Lipinski definition) is 1. The third-order valence-electron chi connectivity index (χ3n) is 4.13. The summed E-state index contributed by atoms with van der Waals surface area (Å²) in [6.07, 6.45) is 4.60. The fraction of sp³-hybridized carbons (Fsp3) is 0.714. The molecule has 1 aromatic heterocycles. The van der Waals surface area contributed by atoms with Crippen LogP contribution in [0.3, 0.4) is 0 Å². The predicted octanol–water partition coefficient (Wildman–Crippen LogP) is 0.905. The maximum Gasteiger partial charge on any atom is 0.273 e. The number of ether oxygens (including phenoxy) is 1. The van der Waals surface area contributed by atoms with Crippen LogP contribution in [0.1, 0.15) is 29.8 Å². The second-order valence-electron chi connectivity index (χ2n) is 5.66. The molecule has 1 amide bonds. The van der Waals surface area contributed by atoms with Crippen molar-refractivity contribution in [3.63, 3.8) is 0 Å². The molecule has 0 spiro atoms. The quantitative estimate of drug-likeness (QED) is 0.887. The van der Waals surface area contributed by atoms with E-state index in [9.17, 15) is 4.79 Å². The minimum absolute atomic E-state index is 0.138. The van der Waals surface area contributed by atoms with E-state index in [-0.39, 0.29) is 11.9 Å². The fourth-order valence-electron chi connectivity index (χ4n) is 2.94. The average Bonchev–Trinajstić information content (AvgIpc) is 3.13. The fourth-order valence-corrected chi connectivity index (χ4v) is 2.94. The number of aromatic nitrogens is 1. The number of amides is 1. The highest BCUT2D eigenvalue weighted by molar-refractivity contribution is 5.92. The smallest absolute Gasteiger partial charge is 0.273 e. The number of carbonyl (C=O) groups is 1. The van der Waals surface area contributed by atoms with Crippen LogP contribution in [-0.2, 0) is 4.74 Å². The molecule has 1 N–H and O–H groups in total. The standard InChI is InChI=1S/C14H21N3O3/c18-14(13-4-8-20-16-13)15-12-1-5-17(6-2-12)9-11-3-7-19-10-11/h4,8,11-12H,1-3,5-7,9-10H2,(H,15,18). The van der Waals surface area contributed by atoms with E-state index < -0.39 is 0 Å². The molecule has 1 unspecified atom stereocenters. The first kappa shape index (κ1) is 13.6. The number of nitrogens with zero attached hydrogens (tertiary/aromatic N) is 2. The summed E-state index contributed by atoms with van der Waals surface area (Å²) in [7, 11) is 0. The van der Waals surface area contributed by atoms with Crippen LogP contribution in [0.2, 0.25) is 0 Å². The van der Waals surface area contributed by atoms with Gasteiger partial charge in [-0.1, -0.05) is 5.16 Å². The molecule has 1 aromatic rings. The van der Waals surface area contributed by atoms with Crippen molar-refractivity contribution in [2.75, 3.05) is 32.8 Å². The summed E-state index contributed by atoms with van der Waals surface area (Å²) < 4.78 is 10.1. The highest BCUT2D eigenvalue weighted by Gasteiger charge is 2.25. The van der Waals surface area contributed by atoms with Crippen molar-refractivity contribution in [2.45, 2.75) is 25.3 Å². The topological polar surface area (TPSA) is 67.6 Å². The largest absolute Gasteiger partial charge is 0.381 e. The Hall–Kier alpha value is -1.40. The Kier molecular flexibility index (Phi) is 4.32. The molecule has 1 atom stereocenters. The van der Waals surface area contributed by atoms with Gasteiger partial charge in [-0.05, 0) is 25.2 Å². The Morgan fingerprint density at radius 1 is 1.40 bits per heavy atom. The van der Waals surface area contributed by atoms with E-state index >= 15 is 0 Å². The second kappa shape index (κ2) is 6.37. The molecule has 6 nitrogen and oxygen atoms in total. The molecule has 3 heterocycles. The summed E-state index contributed by atoms with van der Waals surface area (Å²) in [6, 6.07) is 1.83. The van der Waals surface area contributed by atoms with Crippen LogP contribution >= 0.6 is 0 Å². The first-order valence-electron chi connectivity index (χ1n) is 7.32. The lowest BCUT2D eigenvalue weighted by atomic mass is 10.0. The molecule has 0 aliphatic carbocycles. The van der Waals surface area contributed by atoms with Crippen molar-refractivity contribution in [3.8, 4) is 0 Å². The molecule has 2 fully saturated rings. The monoisotopic (exact) mass is 279 g/mol. The summed E-state index contributed by atoms with van der Waals surface area (Å²) in [5.74, 6) is 0.553. The van der Waals surface area contributed by atoms with Gasteiger partial charge in [-0.15, -0.1) is 0 Å². The summed E-state index contributed by atoms with van der Waals surface area (Å²) >= 11 is 0. The molecular weight excluding hydrogens is 258 g/mol. The molecule has 110 valence electrons. The molecule has 2 aliphatic rings. The first-order chi connectivity index (χ1) is 9.81. The predicted molar refractivity (Wildman–Crippen MR) is 72.4 cm³/mol. The molecular formula is C14H21N3O3. The summed E-state index contributed by atoms with van der Waals surface area (Å²) in [5, 5.41) is 6.68. The molecule has 2 aliphatic heterocycles. The van der Waals surface area contributed by atoms with Crippen LogP contribution in [0.25, 0.3) is 0 Å². The normalized spacial score (nSPS) is 24.9. The maximum absolute atomic E-state index is 11.9. The van der Waals surface area contributed by atoms with Crippen LogP contribution in [0, 0.1) is 5.92 Å². The molecule has 20 heavy (non-hydrogen) atoms. The minimum Gasteiger partial charge on any atom is -0.381 e. The maximum atomic E-state index is 11.9. The van der Waals surface area contributed by atoms with E-state index in [0.29, 0.717) is 11.6 Å². The average molecular weight is 279 g/mol. The van der Waals surface area contributed by atoms with Gasteiger partial charge < -0.3 is 19.5 Å². The Balaban J connectivity index is 1.40. The van der Waals surface area contributed by atoms with Gasteiger partial charge in [0.25, 0.3) is 5.91 Å². The van der Waals surface area contributed by atoms with Crippen LogP contribution in [0.15, 0.2) is 16.9 Å². The van der Waals surface area contributed by atoms with Crippen molar-refractivity contribution in [1.29, 1.82) is 0 Å². The van der Waals surface area contributed by atoms with Gasteiger partial charge >= 0.3 is 0 Å². The van der Waals surface area contributed by atoms with Gasteiger partial charge in [-0.2, -0.15) is 0 Å². The number of likely N-dealkylation sites (tertiary alicyclic amines) is 1. The van der Waals surface area contributed by atoms with Crippen molar-refractivity contribution >= 4 is 5.91 Å². The van der Waals surface area contributed by atoms with Gasteiger partial charge in [0.05, 0.1) is 6.61 Å². The lowest BCUT2D eigenvalue weighted by Crippen LogP contribution is -2.45. The Labute approximate surface area is 118 Å². The first-order valence-corrected chi connectivity index (χ1v) is 7.32. The molecule has 0 saturated carbocycles. The van der Waals surface area contributed by atoms with Gasteiger partial charge in [0.2, 0.25) is 0 Å². The zero-order valence-corrected chi connectivity index (χ0v) is 11.6. The molecule has 0 bridgehead atoms.